The van der Waals surface area contributed by atoms with Crippen LogP contribution in [0.2, 0.25) is 0 Å². The highest BCUT2D eigenvalue weighted by molar-refractivity contribution is 5.85. The molecule has 0 aliphatic rings. The van der Waals surface area contributed by atoms with Gasteiger partial charge in [0.25, 0.3) is 0 Å². The number of benzene rings is 1. The summed E-state index contributed by atoms with van der Waals surface area (Å²) in [6.07, 6.45) is 2.41. The minimum absolute atomic E-state index is 0.368. The first-order valence-corrected chi connectivity index (χ1v) is 4.83. The monoisotopic (exact) mass is 223 g/mol. The van der Waals surface area contributed by atoms with Crippen molar-refractivity contribution in [3.63, 3.8) is 0 Å². The molecule has 0 bridgehead atoms. The molecule has 0 spiro atoms. The van der Waals surface area contributed by atoms with E-state index in [4.69, 9.17) is 5.11 Å². The molecule has 4 heteroatoms. The maximum atomic E-state index is 13.0. The summed E-state index contributed by atoms with van der Waals surface area (Å²) < 4.78 is 13.0. The molecule has 0 unspecified atom stereocenters. The fourth-order valence-corrected chi connectivity index (χ4v) is 1.37. The zero-order chi connectivity index (χ0) is 12.1. The third-order valence-corrected chi connectivity index (χ3v) is 2.00. The number of halogens is 1. The summed E-state index contributed by atoms with van der Waals surface area (Å²) in [5, 5.41) is 8.53. The molecular weight excluding hydrogens is 209 g/mol. The van der Waals surface area contributed by atoms with E-state index >= 15 is 0 Å². The van der Waals surface area contributed by atoms with Gasteiger partial charge in [-0.15, -0.1) is 0 Å². The van der Waals surface area contributed by atoms with Crippen LogP contribution in [0.4, 0.5) is 4.39 Å². The Balaban J connectivity index is 3.03. The number of carbonyl (C=O) groups is 1. The molecule has 0 heterocycles. The Morgan fingerprint density at radius 2 is 2.19 bits per heavy atom. The highest BCUT2D eigenvalue weighted by Crippen LogP contribution is 2.14. The number of rotatable bonds is 4. The van der Waals surface area contributed by atoms with Gasteiger partial charge in [-0.05, 0) is 43.4 Å². The van der Waals surface area contributed by atoms with E-state index in [0.717, 1.165) is 11.6 Å². The minimum atomic E-state index is -1.04. The van der Waals surface area contributed by atoms with E-state index < -0.39 is 5.97 Å². The van der Waals surface area contributed by atoms with E-state index in [0.29, 0.717) is 12.1 Å². The molecule has 1 aromatic carbocycles. The van der Waals surface area contributed by atoms with Crippen LogP contribution in [0.1, 0.15) is 11.1 Å². The predicted octanol–water partition coefficient (Wildman–Crippen LogP) is 1.99. The molecule has 1 rings (SSSR count). The predicted molar refractivity (Wildman–Crippen MR) is 60.5 cm³/mol. The molecule has 86 valence electrons. The summed E-state index contributed by atoms with van der Waals surface area (Å²) in [5.41, 5.74) is 1.49. The van der Waals surface area contributed by atoms with Crippen molar-refractivity contribution in [2.75, 3.05) is 14.1 Å². The van der Waals surface area contributed by atoms with Crippen molar-refractivity contribution in [1.29, 1.82) is 0 Å². The molecule has 0 amide bonds. The van der Waals surface area contributed by atoms with Crippen LogP contribution in [0.15, 0.2) is 24.3 Å². The van der Waals surface area contributed by atoms with Gasteiger partial charge in [0.05, 0.1) is 0 Å². The number of hydrogen-bond donors (Lipinski definition) is 1. The van der Waals surface area contributed by atoms with Crippen LogP contribution in [0.3, 0.4) is 0 Å². The van der Waals surface area contributed by atoms with Gasteiger partial charge in [-0.25, -0.2) is 9.18 Å². The van der Waals surface area contributed by atoms with Crippen molar-refractivity contribution >= 4 is 12.0 Å². The fourth-order valence-electron chi connectivity index (χ4n) is 1.37. The van der Waals surface area contributed by atoms with Gasteiger partial charge in [-0.2, -0.15) is 0 Å². The van der Waals surface area contributed by atoms with Crippen molar-refractivity contribution in [3.05, 3.63) is 41.2 Å². The second-order valence-corrected chi connectivity index (χ2v) is 3.75. The first kappa shape index (κ1) is 12.4. The first-order valence-electron chi connectivity index (χ1n) is 4.83. The third-order valence-electron chi connectivity index (χ3n) is 2.00. The van der Waals surface area contributed by atoms with E-state index in [-0.39, 0.29) is 5.82 Å². The van der Waals surface area contributed by atoms with Gasteiger partial charge in [0, 0.05) is 12.6 Å². The maximum Gasteiger partial charge on any atom is 0.328 e. The lowest BCUT2D eigenvalue weighted by Crippen LogP contribution is -2.11. The van der Waals surface area contributed by atoms with Crippen LogP contribution in [0.25, 0.3) is 6.08 Å². The van der Waals surface area contributed by atoms with E-state index in [2.05, 4.69) is 0 Å². The Labute approximate surface area is 93.8 Å². The van der Waals surface area contributed by atoms with Gasteiger partial charge in [0.15, 0.2) is 0 Å². The number of hydrogen-bond acceptors (Lipinski definition) is 2. The summed E-state index contributed by atoms with van der Waals surface area (Å²) in [6, 6.07) is 4.37. The quantitative estimate of drug-likeness (QED) is 0.793. The number of carboxylic acids is 1. The Morgan fingerprint density at radius 1 is 1.50 bits per heavy atom. The van der Waals surface area contributed by atoms with Crippen LogP contribution in [-0.4, -0.2) is 30.1 Å². The standard InChI is InChI=1S/C12H14FNO2/c1-14(2)8-10-3-5-11(13)7-9(10)4-6-12(15)16/h3-7H,8H2,1-2H3,(H,15,16)/b6-4+. The average Bonchev–Trinajstić information content (AvgIpc) is 2.17. The summed E-state index contributed by atoms with van der Waals surface area (Å²) in [5.74, 6) is -1.41. The fraction of sp³-hybridized carbons (Fsp3) is 0.250. The molecule has 0 aromatic heterocycles. The molecular formula is C12H14FNO2. The van der Waals surface area contributed by atoms with E-state index in [1.165, 1.54) is 18.2 Å². The van der Waals surface area contributed by atoms with Gasteiger partial charge in [-0.1, -0.05) is 6.07 Å². The van der Waals surface area contributed by atoms with Crippen LogP contribution < -0.4 is 0 Å². The van der Waals surface area contributed by atoms with Crippen molar-refractivity contribution in [3.8, 4) is 0 Å². The van der Waals surface area contributed by atoms with Crippen molar-refractivity contribution in [1.82, 2.24) is 4.90 Å². The lowest BCUT2D eigenvalue weighted by Gasteiger charge is -2.12. The number of carboxylic acid groups (broad SMARTS) is 1. The van der Waals surface area contributed by atoms with Gasteiger partial charge >= 0.3 is 5.97 Å². The molecule has 0 radical (unpaired) electrons. The van der Waals surface area contributed by atoms with Crippen LogP contribution in [0, 0.1) is 5.82 Å². The Bertz CT molecular complexity index is 413. The largest absolute Gasteiger partial charge is 0.478 e. The van der Waals surface area contributed by atoms with E-state index in [1.807, 2.05) is 19.0 Å². The maximum absolute atomic E-state index is 13.0. The van der Waals surface area contributed by atoms with E-state index in [9.17, 15) is 9.18 Å². The highest BCUT2D eigenvalue weighted by Gasteiger charge is 2.03. The summed E-state index contributed by atoms with van der Waals surface area (Å²) >= 11 is 0. The number of nitrogens with zero attached hydrogens (tertiary/aromatic N) is 1. The second kappa shape index (κ2) is 5.42. The SMILES string of the molecule is CN(C)Cc1ccc(F)cc1/C=C/C(=O)O. The van der Waals surface area contributed by atoms with Crippen LogP contribution in [0.5, 0.6) is 0 Å². The summed E-state index contributed by atoms with van der Waals surface area (Å²) in [7, 11) is 3.79. The lowest BCUT2D eigenvalue weighted by atomic mass is 10.1. The molecule has 0 aliphatic heterocycles. The molecule has 0 aliphatic carbocycles. The topological polar surface area (TPSA) is 40.5 Å². The molecule has 0 saturated carbocycles. The Kier molecular flexibility index (Phi) is 4.19. The zero-order valence-electron chi connectivity index (χ0n) is 9.27. The van der Waals surface area contributed by atoms with Crippen molar-refractivity contribution in [2.45, 2.75) is 6.54 Å². The molecule has 0 saturated heterocycles. The van der Waals surface area contributed by atoms with Crippen LogP contribution >= 0.6 is 0 Å². The molecule has 1 N–H and O–H groups in total. The minimum Gasteiger partial charge on any atom is -0.478 e. The van der Waals surface area contributed by atoms with Crippen LogP contribution in [-0.2, 0) is 11.3 Å². The van der Waals surface area contributed by atoms with Gasteiger partial charge < -0.3 is 10.0 Å². The van der Waals surface area contributed by atoms with Gasteiger partial charge in [-0.3, -0.25) is 0 Å². The van der Waals surface area contributed by atoms with Crippen molar-refractivity contribution in [2.24, 2.45) is 0 Å². The zero-order valence-corrected chi connectivity index (χ0v) is 9.27. The lowest BCUT2D eigenvalue weighted by molar-refractivity contribution is -0.131. The second-order valence-electron chi connectivity index (χ2n) is 3.75. The normalized spacial score (nSPS) is 11.2. The number of aliphatic carboxylic acids is 1. The third kappa shape index (κ3) is 3.82. The van der Waals surface area contributed by atoms with E-state index in [1.54, 1.807) is 6.07 Å². The van der Waals surface area contributed by atoms with Gasteiger partial charge in [0.2, 0.25) is 0 Å². The molecule has 16 heavy (non-hydrogen) atoms. The smallest absolute Gasteiger partial charge is 0.328 e. The average molecular weight is 223 g/mol. The van der Waals surface area contributed by atoms with Crippen molar-refractivity contribution < 1.29 is 14.3 Å². The first-order chi connectivity index (χ1) is 7.49. The molecule has 0 fully saturated rings. The Hall–Kier alpha value is -1.68. The molecule has 0 atom stereocenters. The Morgan fingerprint density at radius 3 is 2.75 bits per heavy atom. The summed E-state index contributed by atoms with van der Waals surface area (Å²) in [6.45, 7) is 0.638. The molecule has 1 aromatic rings. The molecule has 3 nitrogen and oxygen atoms in total. The van der Waals surface area contributed by atoms with Gasteiger partial charge in [0.1, 0.15) is 5.82 Å². The summed E-state index contributed by atoms with van der Waals surface area (Å²) in [4.78, 5) is 12.3. The highest BCUT2D eigenvalue weighted by atomic mass is 19.1.